The van der Waals surface area contributed by atoms with Gasteiger partial charge in [0.1, 0.15) is 12.6 Å². The van der Waals surface area contributed by atoms with E-state index in [-0.39, 0.29) is 18.4 Å². The zero-order valence-corrected chi connectivity index (χ0v) is 19.3. The molecule has 0 aromatic heterocycles. The first kappa shape index (κ1) is 22.4. The highest BCUT2D eigenvalue weighted by Crippen LogP contribution is 2.44. The van der Waals surface area contributed by atoms with Crippen molar-refractivity contribution in [2.24, 2.45) is 11.8 Å². The molecule has 1 heterocycles. The lowest BCUT2D eigenvalue weighted by Gasteiger charge is -2.28. The molecule has 2 fully saturated rings. The van der Waals surface area contributed by atoms with E-state index < -0.39 is 30.1 Å². The Labute approximate surface area is 199 Å². The predicted molar refractivity (Wildman–Crippen MR) is 126 cm³/mol. The Morgan fingerprint density at radius 2 is 1.65 bits per heavy atom. The number of alkyl carbamates (subject to hydrolysis) is 1. The molecule has 3 aliphatic rings. The minimum Gasteiger partial charge on any atom is -0.481 e. The van der Waals surface area contributed by atoms with Gasteiger partial charge in [-0.3, -0.25) is 9.59 Å². The fourth-order valence-electron chi connectivity index (χ4n) is 5.47. The number of nitrogens with zero attached hydrogens (tertiary/aromatic N) is 1. The maximum atomic E-state index is 13.3. The van der Waals surface area contributed by atoms with Crippen molar-refractivity contribution in [3.05, 3.63) is 59.7 Å². The first-order valence-corrected chi connectivity index (χ1v) is 12.1. The average Bonchev–Trinajstić information content (AvgIpc) is 3.48. The maximum absolute atomic E-state index is 13.3. The Morgan fingerprint density at radius 1 is 1.03 bits per heavy atom. The van der Waals surface area contributed by atoms with Crippen LogP contribution in [0, 0.1) is 11.8 Å². The number of carbonyl (C=O) groups excluding carboxylic acids is 2. The van der Waals surface area contributed by atoms with Crippen LogP contribution in [0.2, 0.25) is 0 Å². The number of fused-ring (bicyclic) bond motifs is 3. The van der Waals surface area contributed by atoms with Crippen molar-refractivity contribution in [3.63, 3.8) is 0 Å². The highest BCUT2D eigenvalue weighted by atomic mass is 16.5. The highest BCUT2D eigenvalue weighted by molar-refractivity contribution is 5.87. The number of benzene rings is 2. The molecule has 1 saturated heterocycles. The van der Waals surface area contributed by atoms with E-state index >= 15 is 0 Å². The highest BCUT2D eigenvalue weighted by Gasteiger charge is 2.42. The van der Waals surface area contributed by atoms with Gasteiger partial charge in [-0.2, -0.15) is 0 Å². The van der Waals surface area contributed by atoms with E-state index in [9.17, 15) is 19.5 Å². The number of amides is 2. The van der Waals surface area contributed by atoms with Crippen LogP contribution in [0.4, 0.5) is 4.79 Å². The standard InChI is InChI=1S/C27H30N2O5/c1-16-18(26(31)32)12-13-29(16)25(30)24(14-17-10-11-17)28-27(33)34-15-23-21-8-4-2-6-19(21)20-7-3-5-9-22(20)23/h2-9,16-18,23-24H,10-15H2,1H3,(H,28,33)(H,31,32)/t16?,18?,24-/m0/s1. The summed E-state index contributed by atoms with van der Waals surface area (Å²) < 4.78 is 5.66. The molecule has 0 bridgehead atoms. The third kappa shape index (κ3) is 4.27. The van der Waals surface area contributed by atoms with E-state index in [4.69, 9.17) is 4.74 Å². The third-order valence-electron chi connectivity index (χ3n) is 7.56. The quantitative estimate of drug-likeness (QED) is 0.648. The summed E-state index contributed by atoms with van der Waals surface area (Å²) >= 11 is 0. The van der Waals surface area contributed by atoms with Gasteiger partial charge in [0.2, 0.25) is 5.91 Å². The second-order valence-electron chi connectivity index (χ2n) is 9.71. The lowest BCUT2D eigenvalue weighted by atomic mass is 9.98. The van der Waals surface area contributed by atoms with Crippen molar-refractivity contribution >= 4 is 18.0 Å². The smallest absolute Gasteiger partial charge is 0.407 e. The van der Waals surface area contributed by atoms with Crippen molar-refractivity contribution in [1.82, 2.24) is 10.2 Å². The molecule has 0 radical (unpaired) electrons. The fourth-order valence-corrected chi connectivity index (χ4v) is 5.47. The van der Waals surface area contributed by atoms with Crippen LogP contribution in [0.1, 0.15) is 49.7 Å². The first-order valence-electron chi connectivity index (χ1n) is 12.1. The number of carboxylic acids is 1. The SMILES string of the molecule is CC1C(C(=O)O)CCN1C(=O)[C@H](CC1CC1)NC(=O)OCC1c2ccccc2-c2ccccc21. The van der Waals surface area contributed by atoms with Crippen LogP contribution < -0.4 is 5.32 Å². The number of carbonyl (C=O) groups is 3. The van der Waals surface area contributed by atoms with Gasteiger partial charge in [0.15, 0.2) is 0 Å². The number of nitrogens with one attached hydrogen (secondary N) is 1. The molecule has 2 aromatic carbocycles. The van der Waals surface area contributed by atoms with Crippen molar-refractivity contribution < 1.29 is 24.2 Å². The van der Waals surface area contributed by atoms with Crippen molar-refractivity contribution in [3.8, 4) is 11.1 Å². The Hall–Kier alpha value is -3.35. The summed E-state index contributed by atoms with van der Waals surface area (Å²) in [6, 6.07) is 15.2. The molecule has 2 aliphatic carbocycles. The zero-order chi connectivity index (χ0) is 23.8. The molecular weight excluding hydrogens is 432 g/mol. The molecule has 1 aliphatic heterocycles. The van der Waals surface area contributed by atoms with Gasteiger partial charge in [0, 0.05) is 18.5 Å². The molecule has 2 amide bonds. The minimum atomic E-state index is -0.883. The fraction of sp³-hybridized carbons (Fsp3) is 0.444. The zero-order valence-electron chi connectivity index (χ0n) is 19.3. The Kier molecular flexibility index (Phi) is 6.02. The lowest BCUT2D eigenvalue weighted by Crippen LogP contribution is -2.50. The van der Waals surface area contributed by atoms with Crippen LogP contribution >= 0.6 is 0 Å². The normalized spacial score (nSPS) is 22.1. The van der Waals surface area contributed by atoms with E-state index in [0.717, 1.165) is 35.1 Å². The topological polar surface area (TPSA) is 95.9 Å². The summed E-state index contributed by atoms with van der Waals surface area (Å²) in [7, 11) is 0. The van der Waals surface area contributed by atoms with Crippen LogP contribution in [0.25, 0.3) is 11.1 Å². The van der Waals surface area contributed by atoms with Crippen LogP contribution in [-0.4, -0.2) is 53.2 Å². The van der Waals surface area contributed by atoms with Gasteiger partial charge in [0.25, 0.3) is 0 Å². The summed E-state index contributed by atoms with van der Waals surface area (Å²) in [6.45, 7) is 2.35. The second kappa shape index (κ2) is 9.12. The second-order valence-corrected chi connectivity index (χ2v) is 9.71. The monoisotopic (exact) mass is 462 g/mol. The number of rotatable bonds is 7. The van der Waals surface area contributed by atoms with Crippen LogP contribution in [-0.2, 0) is 14.3 Å². The third-order valence-corrected chi connectivity index (χ3v) is 7.56. The Bertz CT molecular complexity index is 1070. The summed E-state index contributed by atoms with van der Waals surface area (Å²) in [5.41, 5.74) is 4.58. The van der Waals surface area contributed by atoms with Gasteiger partial charge in [-0.15, -0.1) is 0 Å². The Balaban J connectivity index is 1.25. The average molecular weight is 463 g/mol. The van der Waals surface area contributed by atoms with E-state index in [1.165, 1.54) is 0 Å². The minimum absolute atomic E-state index is 0.0503. The van der Waals surface area contributed by atoms with Crippen molar-refractivity contribution in [2.45, 2.75) is 50.6 Å². The molecule has 1 saturated carbocycles. The summed E-state index contributed by atoms with van der Waals surface area (Å²) in [5.74, 6) is -1.30. The number of hydrogen-bond donors (Lipinski definition) is 2. The number of carboxylic acid groups (broad SMARTS) is 1. The van der Waals surface area contributed by atoms with E-state index in [1.807, 2.05) is 24.3 Å². The van der Waals surface area contributed by atoms with E-state index in [2.05, 4.69) is 29.6 Å². The van der Waals surface area contributed by atoms with Crippen LogP contribution in [0.5, 0.6) is 0 Å². The molecule has 178 valence electrons. The van der Waals surface area contributed by atoms with Crippen molar-refractivity contribution in [1.29, 1.82) is 0 Å². The van der Waals surface area contributed by atoms with Crippen LogP contribution in [0.3, 0.4) is 0 Å². The van der Waals surface area contributed by atoms with Crippen LogP contribution in [0.15, 0.2) is 48.5 Å². The molecular formula is C27H30N2O5. The maximum Gasteiger partial charge on any atom is 0.407 e. The summed E-state index contributed by atoms with van der Waals surface area (Å²) in [6.07, 6.45) is 2.47. The summed E-state index contributed by atoms with van der Waals surface area (Å²) in [5, 5.41) is 12.2. The molecule has 7 nitrogen and oxygen atoms in total. The number of ether oxygens (including phenoxy) is 1. The van der Waals surface area contributed by atoms with Gasteiger partial charge in [0.05, 0.1) is 5.92 Å². The molecule has 5 rings (SSSR count). The first-order chi connectivity index (χ1) is 16.4. The number of aliphatic carboxylic acids is 1. The van der Waals surface area contributed by atoms with Gasteiger partial charge < -0.3 is 20.1 Å². The van der Waals surface area contributed by atoms with Gasteiger partial charge in [-0.1, -0.05) is 61.4 Å². The van der Waals surface area contributed by atoms with E-state index in [0.29, 0.717) is 25.3 Å². The lowest BCUT2D eigenvalue weighted by molar-refractivity contribution is -0.143. The number of hydrogen-bond acceptors (Lipinski definition) is 4. The molecule has 2 N–H and O–H groups in total. The van der Waals surface area contributed by atoms with Gasteiger partial charge in [-0.05, 0) is 47.9 Å². The molecule has 34 heavy (non-hydrogen) atoms. The number of likely N-dealkylation sites (tertiary alicyclic amines) is 1. The molecule has 2 aromatic rings. The van der Waals surface area contributed by atoms with Gasteiger partial charge in [-0.25, -0.2) is 4.79 Å². The van der Waals surface area contributed by atoms with Gasteiger partial charge >= 0.3 is 12.1 Å². The predicted octanol–water partition coefficient (Wildman–Crippen LogP) is 4.02. The summed E-state index contributed by atoms with van der Waals surface area (Å²) in [4.78, 5) is 39.2. The Morgan fingerprint density at radius 3 is 2.21 bits per heavy atom. The largest absolute Gasteiger partial charge is 0.481 e. The molecule has 7 heteroatoms. The van der Waals surface area contributed by atoms with Crippen molar-refractivity contribution in [2.75, 3.05) is 13.2 Å². The molecule has 3 atom stereocenters. The molecule has 0 spiro atoms. The molecule has 2 unspecified atom stereocenters. The van der Waals surface area contributed by atoms with E-state index in [1.54, 1.807) is 11.8 Å².